The molecule has 1 unspecified atom stereocenters. The molecule has 0 saturated carbocycles. The Labute approximate surface area is 104 Å². The van der Waals surface area contributed by atoms with E-state index in [-0.39, 0.29) is 6.42 Å². The lowest BCUT2D eigenvalue weighted by molar-refractivity contribution is -0.136. The van der Waals surface area contributed by atoms with E-state index in [0.29, 0.717) is 17.7 Å². The summed E-state index contributed by atoms with van der Waals surface area (Å²) >= 11 is 0. The first-order chi connectivity index (χ1) is 8.35. The van der Waals surface area contributed by atoms with Crippen molar-refractivity contribution in [2.75, 3.05) is 6.54 Å². The minimum absolute atomic E-state index is 0.155. The molecule has 0 heterocycles. The lowest BCUT2D eigenvalue weighted by Gasteiger charge is -2.20. The highest BCUT2D eigenvalue weighted by molar-refractivity contribution is 5.27. The lowest BCUT2D eigenvalue weighted by atomic mass is 9.99. The normalized spacial score (nSPS) is 13.7. The molecule has 0 spiro atoms. The van der Waals surface area contributed by atoms with Crippen molar-refractivity contribution in [3.63, 3.8) is 0 Å². The van der Waals surface area contributed by atoms with Gasteiger partial charge in [-0.2, -0.15) is 13.2 Å². The molecule has 18 heavy (non-hydrogen) atoms. The third-order valence-electron chi connectivity index (χ3n) is 2.76. The second-order valence-corrected chi connectivity index (χ2v) is 4.24. The first-order valence-corrected chi connectivity index (χ1v) is 5.90. The third-order valence-corrected chi connectivity index (χ3v) is 2.76. The van der Waals surface area contributed by atoms with Crippen LogP contribution in [0.15, 0.2) is 18.2 Å². The predicted octanol–water partition coefficient (Wildman–Crippen LogP) is 4.13. The van der Waals surface area contributed by atoms with Crippen LogP contribution in [0.5, 0.6) is 0 Å². The molecule has 0 aliphatic carbocycles. The molecule has 1 N–H and O–H groups in total. The van der Waals surface area contributed by atoms with Crippen molar-refractivity contribution in [1.82, 2.24) is 5.32 Å². The van der Waals surface area contributed by atoms with E-state index in [1.54, 1.807) is 26.0 Å². The summed E-state index contributed by atoms with van der Waals surface area (Å²) in [5.74, 6) is -0.425. The van der Waals surface area contributed by atoms with Crippen LogP contribution in [0, 0.1) is 12.7 Å². The van der Waals surface area contributed by atoms with E-state index in [9.17, 15) is 17.6 Å². The SMILES string of the molecule is CCNC(CCC(F)(F)F)c1cccc(C)c1F. The number of nitrogens with one attached hydrogen (secondary N) is 1. The molecule has 0 fully saturated rings. The van der Waals surface area contributed by atoms with Gasteiger partial charge >= 0.3 is 6.18 Å². The summed E-state index contributed by atoms with van der Waals surface area (Å²) in [5.41, 5.74) is 0.753. The van der Waals surface area contributed by atoms with Crippen LogP contribution < -0.4 is 5.32 Å². The van der Waals surface area contributed by atoms with Gasteiger partial charge < -0.3 is 5.32 Å². The van der Waals surface area contributed by atoms with E-state index in [2.05, 4.69) is 5.32 Å². The number of hydrogen-bond acceptors (Lipinski definition) is 1. The van der Waals surface area contributed by atoms with Gasteiger partial charge in [0.1, 0.15) is 5.82 Å². The lowest BCUT2D eigenvalue weighted by Crippen LogP contribution is -2.24. The summed E-state index contributed by atoms with van der Waals surface area (Å²) in [6, 6.07) is 4.19. The van der Waals surface area contributed by atoms with Crippen LogP contribution in [-0.4, -0.2) is 12.7 Å². The predicted molar refractivity (Wildman–Crippen MR) is 62.8 cm³/mol. The topological polar surface area (TPSA) is 12.0 Å². The van der Waals surface area contributed by atoms with E-state index in [0.717, 1.165) is 0 Å². The summed E-state index contributed by atoms with van der Waals surface area (Å²) in [6.45, 7) is 3.88. The number of aryl methyl sites for hydroxylation is 1. The highest BCUT2D eigenvalue weighted by Gasteiger charge is 2.29. The average molecular weight is 263 g/mol. The molecular weight excluding hydrogens is 246 g/mol. The number of benzene rings is 1. The van der Waals surface area contributed by atoms with Crippen molar-refractivity contribution in [3.8, 4) is 0 Å². The van der Waals surface area contributed by atoms with Crippen LogP contribution in [0.4, 0.5) is 17.6 Å². The van der Waals surface area contributed by atoms with E-state index in [1.165, 1.54) is 6.07 Å². The molecule has 1 aromatic rings. The molecule has 5 heteroatoms. The summed E-state index contributed by atoms with van der Waals surface area (Å²) in [7, 11) is 0. The molecule has 0 saturated heterocycles. The van der Waals surface area contributed by atoms with Crippen molar-refractivity contribution >= 4 is 0 Å². The molecule has 1 nitrogen and oxygen atoms in total. The maximum Gasteiger partial charge on any atom is 0.389 e. The maximum absolute atomic E-state index is 13.9. The van der Waals surface area contributed by atoms with Gasteiger partial charge in [0.15, 0.2) is 0 Å². The van der Waals surface area contributed by atoms with Gasteiger partial charge in [-0.1, -0.05) is 25.1 Å². The van der Waals surface area contributed by atoms with Crippen LogP contribution in [0.3, 0.4) is 0 Å². The Hall–Kier alpha value is -1.10. The smallest absolute Gasteiger partial charge is 0.310 e. The minimum Gasteiger partial charge on any atom is -0.310 e. The Kier molecular flexibility index (Phi) is 5.14. The van der Waals surface area contributed by atoms with Crippen LogP contribution in [-0.2, 0) is 0 Å². The quantitative estimate of drug-likeness (QED) is 0.788. The summed E-state index contributed by atoms with van der Waals surface area (Å²) in [4.78, 5) is 0. The summed E-state index contributed by atoms with van der Waals surface area (Å²) in [6.07, 6.45) is -5.29. The highest BCUT2D eigenvalue weighted by Crippen LogP contribution is 2.29. The van der Waals surface area contributed by atoms with Crippen molar-refractivity contribution in [2.45, 2.75) is 38.9 Å². The van der Waals surface area contributed by atoms with Gasteiger partial charge in [-0.3, -0.25) is 0 Å². The fraction of sp³-hybridized carbons (Fsp3) is 0.538. The number of hydrogen-bond donors (Lipinski definition) is 1. The van der Waals surface area contributed by atoms with Crippen LogP contribution in [0.1, 0.15) is 36.9 Å². The zero-order valence-electron chi connectivity index (χ0n) is 10.4. The molecule has 0 radical (unpaired) electrons. The Bertz CT molecular complexity index is 387. The molecule has 102 valence electrons. The molecule has 0 bridgehead atoms. The van der Waals surface area contributed by atoms with E-state index < -0.39 is 24.5 Å². The minimum atomic E-state index is -4.21. The van der Waals surface area contributed by atoms with Gasteiger partial charge in [0.25, 0.3) is 0 Å². The van der Waals surface area contributed by atoms with Crippen molar-refractivity contribution < 1.29 is 17.6 Å². The van der Waals surface area contributed by atoms with Gasteiger partial charge in [0.05, 0.1) is 0 Å². The zero-order valence-corrected chi connectivity index (χ0v) is 10.4. The Morgan fingerprint density at radius 2 is 1.94 bits per heavy atom. The summed E-state index contributed by atoms with van der Waals surface area (Å²) in [5, 5.41) is 2.90. The monoisotopic (exact) mass is 263 g/mol. The maximum atomic E-state index is 13.9. The molecule has 1 rings (SSSR count). The fourth-order valence-electron chi connectivity index (χ4n) is 1.86. The van der Waals surface area contributed by atoms with Crippen LogP contribution in [0.25, 0.3) is 0 Å². The second-order valence-electron chi connectivity index (χ2n) is 4.24. The molecule has 0 aliphatic rings. The van der Waals surface area contributed by atoms with Gasteiger partial charge in [0, 0.05) is 18.0 Å². The highest BCUT2D eigenvalue weighted by atomic mass is 19.4. The van der Waals surface area contributed by atoms with E-state index in [1.807, 2.05) is 0 Å². The van der Waals surface area contributed by atoms with Gasteiger partial charge in [0.2, 0.25) is 0 Å². The Balaban J connectivity index is 2.87. The van der Waals surface area contributed by atoms with Crippen LogP contribution >= 0.6 is 0 Å². The molecule has 0 aliphatic heterocycles. The Morgan fingerprint density at radius 3 is 2.50 bits per heavy atom. The third kappa shape index (κ3) is 4.29. The largest absolute Gasteiger partial charge is 0.389 e. The number of alkyl halides is 3. The standard InChI is InChI=1S/C13H17F4N/c1-3-18-11(7-8-13(15,16)17)10-6-4-5-9(2)12(10)14/h4-6,11,18H,3,7-8H2,1-2H3. The number of rotatable bonds is 5. The van der Waals surface area contributed by atoms with Gasteiger partial charge in [-0.15, -0.1) is 0 Å². The van der Waals surface area contributed by atoms with Gasteiger partial charge in [-0.05, 0) is 25.5 Å². The van der Waals surface area contributed by atoms with Gasteiger partial charge in [-0.25, -0.2) is 4.39 Å². The number of halogens is 4. The average Bonchev–Trinajstić information content (AvgIpc) is 2.27. The molecule has 0 aromatic heterocycles. The first kappa shape index (κ1) is 15.0. The summed E-state index contributed by atoms with van der Waals surface area (Å²) < 4.78 is 50.6. The van der Waals surface area contributed by atoms with Crippen molar-refractivity contribution in [1.29, 1.82) is 0 Å². The van der Waals surface area contributed by atoms with Crippen LogP contribution in [0.2, 0.25) is 0 Å². The zero-order chi connectivity index (χ0) is 13.8. The fourth-order valence-corrected chi connectivity index (χ4v) is 1.86. The molecule has 1 atom stereocenters. The molecule has 1 aromatic carbocycles. The van der Waals surface area contributed by atoms with Crippen molar-refractivity contribution in [2.24, 2.45) is 0 Å². The van der Waals surface area contributed by atoms with Crippen molar-refractivity contribution in [3.05, 3.63) is 35.1 Å². The molecule has 0 amide bonds. The van der Waals surface area contributed by atoms with E-state index in [4.69, 9.17) is 0 Å². The van der Waals surface area contributed by atoms with E-state index >= 15 is 0 Å². The first-order valence-electron chi connectivity index (χ1n) is 5.90. The molecular formula is C13H17F4N. The second kappa shape index (κ2) is 6.18. The Morgan fingerprint density at radius 1 is 1.28 bits per heavy atom.